The van der Waals surface area contributed by atoms with Gasteiger partial charge in [0.1, 0.15) is 4.66 Å². The van der Waals surface area contributed by atoms with E-state index in [1.54, 1.807) is 0 Å². The first-order valence-corrected chi connectivity index (χ1v) is 11.2. The minimum atomic E-state index is -0.981. The Morgan fingerprint density at radius 3 is 2.09 bits per heavy atom. The summed E-state index contributed by atoms with van der Waals surface area (Å²) in [6.07, 6.45) is 1.91. The topological polar surface area (TPSA) is 82.1 Å². The van der Waals surface area contributed by atoms with Gasteiger partial charge in [-0.1, -0.05) is 60.7 Å². The SMILES string of the molecule is [C-]#[N+]/C(C#N)=c1/nc(-c2ccccc2)/c(=C/c2sc(C(C#N)[N+]#[C-])nc2-c2ccccc2)s1. The smallest absolute Gasteiger partial charge is 0.289 e. The summed E-state index contributed by atoms with van der Waals surface area (Å²) in [7, 11) is 0. The van der Waals surface area contributed by atoms with E-state index in [1.807, 2.05) is 78.9 Å². The van der Waals surface area contributed by atoms with Gasteiger partial charge in [-0.15, -0.1) is 22.7 Å². The van der Waals surface area contributed by atoms with Crippen LogP contribution < -0.4 is 9.20 Å². The molecule has 0 saturated carbocycles. The van der Waals surface area contributed by atoms with Crippen molar-refractivity contribution in [2.24, 2.45) is 0 Å². The molecule has 0 radical (unpaired) electrons. The lowest BCUT2D eigenvalue weighted by molar-refractivity contribution is 1.05. The van der Waals surface area contributed by atoms with Crippen LogP contribution in [0.5, 0.6) is 0 Å². The summed E-state index contributed by atoms with van der Waals surface area (Å²) >= 11 is 2.54. The second kappa shape index (κ2) is 9.69. The van der Waals surface area contributed by atoms with Crippen molar-refractivity contribution >= 4 is 34.4 Å². The molecule has 0 aliphatic rings. The average molecular weight is 461 g/mol. The van der Waals surface area contributed by atoms with Gasteiger partial charge in [-0.25, -0.2) is 26.6 Å². The highest BCUT2D eigenvalue weighted by atomic mass is 32.1. The summed E-state index contributed by atoms with van der Waals surface area (Å²) in [5.74, 6) is 0. The van der Waals surface area contributed by atoms with Crippen molar-refractivity contribution in [3.63, 3.8) is 0 Å². The highest BCUT2D eigenvalue weighted by Crippen LogP contribution is 2.33. The minimum absolute atomic E-state index is 0.0670. The lowest BCUT2D eigenvalue weighted by Crippen LogP contribution is -2.00. The summed E-state index contributed by atoms with van der Waals surface area (Å²) in [6, 6.07) is 22.0. The summed E-state index contributed by atoms with van der Waals surface area (Å²) in [5, 5.41) is 19.1. The molecule has 1 atom stereocenters. The fraction of sp³-hybridized carbons (Fsp3) is 0.0400. The molecular formula is C25H12N6S2. The summed E-state index contributed by atoms with van der Waals surface area (Å²) in [6.45, 7) is 14.6. The third kappa shape index (κ3) is 4.40. The molecule has 0 aliphatic heterocycles. The van der Waals surface area contributed by atoms with Crippen molar-refractivity contribution < 1.29 is 0 Å². The maximum absolute atomic E-state index is 9.37. The number of nitrogens with zero attached hydrogens (tertiary/aromatic N) is 6. The first kappa shape index (κ1) is 21.6. The molecule has 0 fully saturated rings. The number of thiazole rings is 2. The third-order valence-corrected chi connectivity index (χ3v) is 6.65. The number of hydrogen-bond acceptors (Lipinski definition) is 6. The van der Waals surface area contributed by atoms with Gasteiger partial charge in [0, 0.05) is 11.1 Å². The maximum atomic E-state index is 9.37. The molecule has 2 aromatic heterocycles. The molecule has 0 amide bonds. The normalized spacial score (nSPS) is 12.7. The maximum Gasteiger partial charge on any atom is 0.358 e. The van der Waals surface area contributed by atoms with Gasteiger partial charge < -0.3 is 0 Å². The van der Waals surface area contributed by atoms with Crippen LogP contribution in [0.15, 0.2) is 60.7 Å². The standard InChI is InChI=1S/C25H12N6S2/c1-28-18(14-26)24-30-22(16-9-5-3-6-10-16)20(32-24)13-21-23(17-11-7-4-8-12-17)31-25(33-21)19(15-27)29-2/h3-13,18H/b21-13-,25-19-. The fourth-order valence-electron chi connectivity index (χ4n) is 3.08. The van der Waals surface area contributed by atoms with Gasteiger partial charge in [-0.2, -0.15) is 5.26 Å². The third-order valence-electron chi connectivity index (χ3n) is 4.59. The van der Waals surface area contributed by atoms with Gasteiger partial charge in [0.2, 0.25) is 0 Å². The van der Waals surface area contributed by atoms with Gasteiger partial charge in [0.15, 0.2) is 11.1 Å². The van der Waals surface area contributed by atoms with Gasteiger partial charge in [-0.05, 0) is 6.08 Å². The second-order valence-corrected chi connectivity index (χ2v) is 8.70. The van der Waals surface area contributed by atoms with Crippen LogP contribution in [0.25, 0.3) is 44.0 Å². The summed E-state index contributed by atoms with van der Waals surface area (Å²) in [5.41, 5.74) is 2.98. The van der Waals surface area contributed by atoms with Crippen molar-refractivity contribution in [2.75, 3.05) is 0 Å². The van der Waals surface area contributed by atoms with Crippen LogP contribution in [0.4, 0.5) is 0 Å². The van der Waals surface area contributed by atoms with Crippen LogP contribution >= 0.6 is 22.7 Å². The van der Waals surface area contributed by atoms with E-state index in [9.17, 15) is 10.5 Å². The zero-order valence-electron chi connectivity index (χ0n) is 16.9. The zero-order chi connectivity index (χ0) is 23.2. The van der Waals surface area contributed by atoms with Crippen LogP contribution in [-0.2, 0) is 0 Å². The Labute approximate surface area is 197 Å². The monoisotopic (exact) mass is 460 g/mol. The van der Waals surface area contributed by atoms with Crippen LogP contribution in [-0.4, -0.2) is 9.97 Å². The fourth-order valence-corrected chi connectivity index (χ4v) is 5.14. The molecule has 4 rings (SSSR count). The Kier molecular flexibility index (Phi) is 6.35. The molecule has 154 valence electrons. The Morgan fingerprint density at radius 2 is 1.55 bits per heavy atom. The number of nitriles is 2. The molecule has 0 spiro atoms. The number of benzene rings is 2. The largest absolute Gasteiger partial charge is 0.358 e. The van der Waals surface area contributed by atoms with E-state index in [0.717, 1.165) is 20.5 Å². The van der Waals surface area contributed by atoms with Crippen LogP contribution in [0.3, 0.4) is 0 Å². The molecule has 1 unspecified atom stereocenters. The number of aromatic nitrogens is 2. The quantitative estimate of drug-likeness (QED) is 0.410. The van der Waals surface area contributed by atoms with E-state index in [-0.39, 0.29) is 5.70 Å². The minimum Gasteiger partial charge on any atom is -0.289 e. The first-order chi connectivity index (χ1) is 16.2. The van der Waals surface area contributed by atoms with E-state index < -0.39 is 6.04 Å². The average Bonchev–Trinajstić information content (AvgIpc) is 3.47. The molecule has 2 heterocycles. The molecule has 4 aromatic rings. The lowest BCUT2D eigenvalue weighted by Gasteiger charge is -1.99. The van der Waals surface area contributed by atoms with E-state index in [0.29, 0.717) is 21.1 Å². The molecule has 0 N–H and O–H groups in total. The molecular weight excluding hydrogens is 448 g/mol. The van der Waals surface area contributed by atoms with Crippen LogP contribution in [0.2, 0.25) is 0 Å². The summed E-state index contributed by atoms with van der Waals surface area (Å²) < 4.78 is 1.11. The van der Waals surface area contributed by atoms with E-state index in [1.165, 1.54) is 22.7 Å². The van der Waals surface area contributed by atoms with Gasteiger partial charge in [0.05, 0.1) is 33.4 Å². The lowest BCUT2D eigenvalue weighted by atomic mass is 10.1. The van der Waals surface area contributed by atoms with E-state index in [4.69, 9.17) is 13.1 Å². The number of rotatable bonds is 4. The van der Waals surface area contributed by atoms with Crippen LogP contribution in [0.1, 0.15) is 15.9 Å². The van der Waals surface area contributed by atoms with Crippen molar-refractivity contribution in [1.82, 2.24) is 9.97 Å². The van der Waals surface area contributed by atoms with E-state index in [2.05, 4.69) is 19.7 Å². The Balaban J connectivity index is 2.03. The molecule has 33 heavy (non-hydrogen) atoms. The molecule has 0 saturated heterocycles. The highest BCUT2D eigenvalue weighted by molar-refractivity contribution is 7.13. The zero-order valence-corrected chi connectivity index (χ0v) is 18.6. The Morgan fingerprint density at radius 1 is 0.909 bits per heavy atom. The van der Waals surface area contributed by atoms with Gasteiger partial charge >= 0.3 is 6.04 Å². The van der Waals surface area contributed by atoms with Crippen molar-refractivity contribution in [2.45, 2.75) is 6.04 Å². The predicted octanol–water partition coefficient (Wildman–Crippen LogP) is 4.80. The Bertz CT molecular complexity index is 1570. The van der Waals surface area contributed by atoms with Crippen molar-refractivity contribution in [3.05, 3.63) is 103 Å². The van der Waals surface area contributed by atoms with Gasteiger partial charge in [-0.3, -0.25) is 4.85 Å². The second-order valence-electron chi connectivity index (χ2n) is 6.61. The molecule has 6 nitrogen and oxygen atoms in total. The summed E-state index contributed by atoms with van der Waals surface area (Å²) in [4.78, 5) is 16.7. The number of hydrogen-bond donors (Lipinski definition) is 0. The Hall–Kier alpha value is -4.60. The molecule has 8 heteroatoms. The van der Waals surface area contributed by atoms with E-state index >= 15 is 0 Å². The highest BCUT2D eigenvalue weighted by Gasteiger charge is 2.23. The van der Waals surface area contributed by atoms with Gasteiger partial charge in [0.25, 0.3) is 5.70 Å². The molecule has 0 bridgehead atoms. The predicted molar refractivity (Wildman–Crippen MR) is 128 cm³/mol. The molecule has 2 aromatic carbocycles. The van der Waals surface area contributed by atoms with Crippen molar-refractivity contribution in [1.29, 1.82) is 10.5 Å². The van der Waals surface area contributed by atoms with Crippen molar-refractivity contribution in [3.8, 4) is 34.7 Å². The van der Waals surface area contributed by atoms with Crippen LogP contribution in [0, 0.1) is 35.8 Å². The first-order valence-electron chi connectivity index (χ1n) is 9.56. The molecule has 0 aliphatic carbocycles.